The first-order valence-corrected chi connectivity index (χ1v) is 9.69. The Bertz CT molecular complexity index is 954. The molecule has 26 heavy (non-hydrogen) atoms. The minimum absolute atomic E-state index is 0.0114. The van der Waals surface area contributed by atoms with Crippen LogP contribution in [0.5, 0.6) is 0 Å². The number of nitrogens with one attached hydrogen (secondary N) is 1. The van der Waals surface area contributed by atoms with Gasteiger partial charge >= 0.3 is 0 Å². The van der Waals surface area contributed by atoms with E-state index >= 15 is 0 Å². The Balaban J connectivity index is 2.32. The largest absolute Gasteiger partial charge is 0.341 e. The molecule has 9 heteroatoms. The molecule has 2 aromatic carbocycles. The SMILES string of the molecule is CN(CCC#N)C(=O)c1ccc(Cl)c(S(=O)(=O)Nc2ccc(Cl)cc2)c1. The van der Waals surface area contributed by atoms with Gasteiger partial charge in [0.25, 0.3) is 15.9 Å². The number of amides is 1. The highest BCUT2D eigenvalue weighted by Crippen LogP contribution is 2.26. The van der Waals surface area contributed by atoms with Crippen molar-refractivity contribution in [3.05, 3.63) is 58.1 Å². The van der Waals surface area contributed by atoms with Crippen molar-refractivity contribution in [1.29, 1.82) is 5.26 Å². The van der Waals surface area contributed by atoms with E-state index in [0.717, 1.165) is 0 Å². The van der Waals surface area contributed by atoms with Gasteiger partial charge in [0.1, 0.15) is 4.90 Å². The van der Waals surface area contributed by atoms with Gasteiger partial charge in [-0.05, 0) is 42.5 Å². The second kappa shape index (κ2) is 8.41. The lowest BCUT2D eigenvalue weighted by molar-refractivity contribution is 0.0798. The molecule has 2 aromatic rings. The zero-order chi connectivity index (χ0) is 19.3. The predicted octanol–water partition coefficient (Wildman–Crippen LogP) is 3.78. The number of hydrogen-bond acceptors (Lipinski definition) is 4. The molecule has 1 N–H and O–H groups in total. The molecule has 0 spiro atoms. The molecule has 1 amide bonds. The Morgan fingerprint density at radius 3 is 2.46 bits per heavy atom. The first-order valence-electron chi connectivity index (χ1n) is 7.45. The van der Waals surface area contributed by atoms with Crippen LogP contribution in [-0.4, -0.2) is 32.8 Å². The summed E-state index contributed by atoms with van der Waals surface area (Å²) in [6, 6.07) is 12.1. The Labute approximate surface area is 162 Å². The average Bonchev–Trinajstić information content (AvgIpc) is 2.61. The summed E-state index contributed by atoms with van der Waals surface area (Å²) in [5.74, 6) is -0.403. The van der Waals surface area contributed by atoms with Crippen molar-refractivity contribution in [2.24, 2.45) is 0 Å². The number of hydrogen-bond donors (Lipinski definition) is 1. The van der Waals surface area contributed by atoms with Crippen LogP contribution < -0.4 is 4.72 Å². The van der Waals surface area contributed by atoms with E-state index in [1.807, 2.05) is 6.07 Å². The lowest BCUT2D eigenvalue weighted by Gasteiger charge is -2.16. The van der Waals surface area contributed by atoms with Crippen LogP contribution in [0.2, 0.25) is 10.0 Å². The van der Waals surface area contributed by atoms with Crippen LogP contribution >= 0.6 is 23.2 Å². The highest BCUT2D eigenvalue weighted by molar-refractivity contribution is 7.92. The normalized spacial score (nSPS) is 10.8. The van der Waals surface area contributed by atoms with Crippen LogP contribution in [0.3, 0.4) is 0 Å². The molecule has 0 fully saturated rings. The smallest absolute Gasteiger partial charge is 0.263 e. The maximum Gasteiger partial charge on any atom is 0.263 e. The number of nitrogens with zero attached hydrogens (tertiary/aromatic N) is 2. The third kappa shape index (κ3) is 4.88. The highest BCUT2D eigenvalue weighted by atomic mass is 35.5. The fourth-order valence-corrected chi connectivity index (χ4v) is 3.82. The van der Waals surface area contributed by atoms with Crippen LogP contribution in [-0.2, 0) is 10.0 Å². The van der Waals surface area contributed by atoms with Gasteiger partial charge in [0.15, 0.2) is 0 Å². The molecule has 0 saturated carbocycles. The van der Waals surface area contributed by atoms with Crippen molar-refractivity contribution in [2.75, 3.05) is 18.3 Å². The number of anilines is 1. The van der Waals surface area contributed by atoms with E-state index in [1.54, 1.807) is 12.1 Å². The summed E-state index contributed by atoms with van der Waals surface area (Å²) in [7, 11) is -2.47. The van der Waals surface area contributed by atoms with Crippen molar-refractivity contribution >= 4 is 44.8 Å². The predicted molar refractivity (Wildman–Crippen MR) is 101 cm³/mol. The van der Waals surface area contributed by atoms with Gasteiger partial charge in [-0.1, -0.05) is 23.2 Å². The van der Waals surface area contributed by atoms with E-state index in [0.29, 0.717) is 10.7 Å². The molecule has 0 saturated heterocycles. The van der Waals surface area contributed by atoms with Crippen molar-refractivity contribution < 1.29 is 13.2 Å². The van der Waals surface area contributed by atoms with Crippen LogP contribution in [0.25, 0.3) is 0 Å². The average molecular weight is 412 g/mol. The summed E-state index contributed by atoms with van der Waals surface area (Å²) in [5.41, 5.74) is 0.472. The minimum atomic E-state index is -4.00. The third-order valence-corrected chi connectivity index (χ3v) is 5.58. The van der Waals surface area contributed by atoms with Gasteiger partial charge < -0.3 is 4.90 Å². The number of benzene rings is 2. The van der Waals surface area contributed by atoms with Crippen molar-refractivity contribution in [1.82, 2.24) is 4.90 Å². The van der Waals surface area contributed by atoms with Crippen molar-refractivity contribution in [3.63, 3.8) is 0 Å². The van der Waals surface area contributed by atoms with E-state index in [-0.39, 0.29) is 28.4 Å². The second-order valence-electron chi connectivity index (χ2n) is 5.39. The standard InChI is InChI=1S/C17H15Cl2N3O3S/c1-22(10-2-9-20)17(23)12-3-8-15(19)16(11-12)26(24,25)21-14-6-4-13(18)5-7-14/h3-8,11,21H,2,10H2,1H3. The third-order valence-electron chi connectivity index (χ3n) is 3.47. The van der Waals surface area contributed by atoms with Crippen molar-refractivity contribution in [2.45, 2.75) is 11.3 Å². The molecule has 0 bridgehead atoms. The van der Waals surface area contributed by atoms with E-state index in [9.17, 15) is 13.2 Å². The number of rotatable bonds is 6. The summed E-state index contributed by atoms with van der Waals surface area (Å²) >= 11 is 11.8. The van der Waals surface area contributed by atoms with Crippen LogP contribution in [0.4, 0.5) is 5.69 Å². The van der Waals surface area contributed by atoms with Gasteiger partial charge in [-0.25, -0.2) is 8.42 Å². The lowest BCUT2D eigenvalue weighted by Crippen LogP contribution is -2.27. The topological polar surface area (TPSA) is 90.3 Å². The van der Waals surface area contributed by atoms with E-state index in [1.165, 1.54) is 42.3 Å². The molecule has 0 atom stereocenters. The van der Waals surface area contributed by atoms with Crippen LogP contribution in [0.15, 0.2) is 47.4 Å². The zero-order valence-electron chi connectivity index (χ0n) is 13.7. The monoisotopic (exact) mass is 411 g/mol. The number of carbonyl (C=O) groups excluding carboxylic acids is 1. The fraction of sp³-hybridized carbons (Fsp3) is 0.176. The van der Waals surface area contributed by atoms with Gasteiger partial charge in [-0.2, -0.15) is 5.26 Å². The van der Waals surface area contributed by atoms with Crippen molar-refractivity contribution in [3.8, 4) is 6.07 Å². The molecule has 2 rings (SSSR count). The summed E-state index contributed by atoms with van der Waals surface area (Å²) in [4.78, 5) is 13.5. The maximum absolute atomic E-state index is 12.6. The Morgan fingerprint density at radius 2 is 1.85 bits per heavy atom. The molecule has 136 valence electrons. The van der Waals surface area contributed by atoms with Gasteiger partial charge in [0.2, 0.25) is 0 Å². The maximum atomic E-state index is 12.6. The summed E-state index contributed by atoms with van der Waals surface area (Å²) < 4.78 is 27.6. The summed E-state index contributed by atoms with van der Waals surface area (Å²) in [6.07, 6.45) is 0.180. The molecule has 0 aliphatic carbocycles. The molecule has 0 aliphatic rings. The molecule has 6 nitrogen and oxygen atoms in total. The number of carbonyl (C=O) groups is 1. The fourth-order valence-electron chi connectivity index (χ4n) is 2.11. The van der Waals surface area contributed by atoms with Gasteiger partial charge in [0.05, 0.1) is 17.5 Å². The zero-order valence-corrected chi connectivity index (χ0v) is 16.1. The highest BCUT2D eigenvalue weighted by Gasteiger charge is 2.21. The Morgan fingerprint density at radius 1 is 1.19 bits per heavy atom. The lowest BCUT2D eigenvalue weighted by atomic mass is 10.2. The number of nitriles is 1. The molecule has 0 aliphatic heterocycles. The minimum Gasteiger partial charge on any atom is -0.341 e. The summed E-state index contributed by atoms with van der Waals surface area (Å²) in [5, 5.41) is 9.07. The van der Waals surface area contributed by atoms with E-state index in [2.05, 4.69) is 4.72 Å². The molecular weight excluding hydrogens is 397 g/mol. The van der Waals surface area contributed by atoms with Crippen LogP contribution in [0, 0.1) is 11.3 Å². The number of sulfonamides is 1. The number of halogens is 2. The van der Waals surface area contributed by atoms with E-state index < -0.39 is 15.9 Å². The quantitative estimate of drug-likeness (QED) is 0.782. The second-order valence-corrected chi connectivity index (χ2v) is 7.89. The molecule has 0 aromatic heterocycles. The molecule has 0 heterocycles. The van der Waals surface area contributed by atoms with Gasteiger partial charge in [0, 0.05) is 29.9 Å². The molecule has 0 radical (unpaired) electrons. The Kier molecular flexibility index (Phi) is 6.48. The molecular formula is C17H15Cl2N3O3S. The first-order chi connectivity index (χ1) is 12.2. The van der Waals surface area contributed by atoms with Crippen LogP contribution in [0.1, 0.15) is 16.8 Å². The van der Waals surface area contributed by atoms with Gasteiger partial charge in [-0.15, -0.1) is 0 Å². The van der Waals surface area contributed by atoms with Gasteiger partial charge in [-0.3, -0.25) is 9.52 Å². The molecule has 0 unspecified atom stereocenters. The summed E-state index contributed by atoms with van der Waals surface area (Å²) in [6.45, 7) is 0.239. The van der Waals surface area contributed by atoms with E-state index in [4.69, 9.17) is 28.5 Å². The first kappa shape index (κ1) is 20.0. The Hall–Kier alpha value is -2.27.